The quantitative estimate of drug-likeness (QED) is 0.0982. The van der Waals surface area contributed by atoms with Gasteiger partial charge in [-0.1, -0.05) is 42.5 Å². The van der Waals surface area contributed by atoms with Crippen LogP contribution >= 0.6 is 0 Å². The number of amides is 1. The van der Waals surface area contributed by atoms with Crippen molar-refractivity contribution < 1.29 is 27.7 Å². The summed E-state index contributed by atoms with van der Waals surface area (Å²) >= 11 is 0. The summed E-state index contributed by atoms with van der Waals surface area (Å²) in [4.78, 5) is 47.1. The lowest BCUT2D eigenvalue weighted by atomic mass is 10.1. The predicted octanol–water partition coefficient (Wildman–Crippen LogP) is 5.05. The van der Waals surface area contributed by atoms with Gasteiger partial charge in [-0.15, -0.1) is 10.2 Å². The van der Waals surface area contributed by atoms with Crippen LogP contribution in [0.5, 0.6) is 0 Å². The average Bonchev–Trinajstić information content (AvgIpc) is 3.63. The number of non-ortho nitro benzene ring substituents is 1. The molecule has 248 valence electrons. The summed E-state index contributed by atoms with van der Waals surface area (Å²) in [5.74, 6) is 4.00. The average molecular weight is 672 g/mol. The van der Waals surface area contributed by atoms with E-state index in [1.54, 1.807) is 60.7 Å². The van der Waals surface area contributed by atoms with Crippen molar-refractivity contribution in [2.45, 2.75) is 12.5 Å². The number of aromatic nitrogens is 3. The first kappa shape index (κ1) is 32.3. The molecule has 0 bridgehead atoms. The van der Waals surface area contributed by atoms with E-state index in [9.17, 15) is 32.9 Å². The lowest BCUT2D eigenvalue weighted by Crippen LogP contribution is -2.55. The number of alkyl halides is 3. The zero-order valence-electron chi connectivity index (χ0n) is 24.9. The van der Waals surface area contributed by atoms with Crippen LogP contribution in [0.3, 0.4) is 0 Å². The second-order valence-electron chi connectivity index (χ2n) is 10.3. The van der Waals surface area contributed by atoms with E-state index in [-0.39, 0.29) is 34.7 Å². The minimum atomic E-state index is -4.62. The molecule has 0 fully saturated rings. The number of nitro benzene ring substituents is 1. The summed E-state index contributed by atoms with van der Waals surface area (Å²) in [6, 6.07) is 25.9. The molecule has 0 saturated heterocycles. The third kappa shape index (κ3) is 7.04. The van der Waals surface area contributed by atoms with Crippen molar-refractivity contribution in [2.75, 3.05) is 16.0 Å². The summed E-state index contributed by atoms with van der Waals surface area (Å²) < 4.78 is 40.4. The van der Waals surface area contributed by atoms with Crippen LogP contribution in [0.1, 0.15) is 26.3 Å². The highest BCUT2D eigenvalue weighted by atomic mass is 19.4. The van der Waals surface area contributed by atoms with Crippen molar-refractivity contribution in [1.29, 1.82) is 0 Å². The summed E-state index contributed by atoms with van der Waals surface area (Å²) in [5, 5.41) is 26.2. The molecule has 0 spiro atoms. The Bertz CT molecular complexity index is 2040. The molecule has 49 heavy (non-hydrogen) atoms. The number of hydrogen-bond acceptors (Lipinski definition) is 12. The molecule has 0 saturated carbocycles. The van der Waals surface area contributed by atoms with Crippen LogP contribution in [0.2, 0.25) is 0 Å². The van der Waals surface area contributed by atoms with E-state index in [1.807, 2.05) is 0 Å². The summed E-state index contributed by atoms with van der Waals surface area (Å²) in [6.45, 7) is 0. The van der Waals surface area contributed by atoms with Gasteiger partial charge in [-0.25, -0.2) is 10.8 Å². The first-order chi connectivity index (χ1) is 23.5. The molecular formula is C31H24F3N11O4. The largest absolute Gasteiger partial charge is 0.416 e. The monoisotopic (exact) mass is 671 g/mol. The van der Waals surface area contributed by atoms with E-state index >= 15 is 0 Å². The number of aliphatic imine (C=N–C) groups is 1. The molecule has 5 aromatic rings. The summed E-state index contributed by atoms with van der Waals surface area (Å²) in [6.07, 6.45) is -5.74. The molecule has 1 aliphatic heterocycles. The standard InChI is InChI=1S/C31H24F3N11O4/c32-31(33,34)21-16-14-19(15-17-21)25(46)42-28(38-27(41-42)36-22-9-3-1-4-10-22)39-29-40-30(37-23-11-5-2-6-12-23)44(35)43(29)26(47)20-8-7-13-24(18-20)45(48)49/h1-18,30,37H,35H2,(H2,36,38,39,40,41). The van der Waals surface area contributed by atoms with Gasteiger partial charge in [0.25, 0.3) is 17.5 Å². The van der Waals surface area contributed by atoms with E-state index in [4.69, 9.17) is 5.84 Å². The number of carbonyl (C=O) groups is 2. The van der Waals surface area contributed by atoms with Crippen LogP contribution in [0, 0.1) is 10.1 Å². The molecule has 1 unspecified atom stereocenters. The first-order valence-corrected chi connectivity index (χ1v) is 14.3. The molecule has 18 heteroatoms. The number of halogens is 3. The summed E-state index contributed by atoms with van der Waals surface area (Å²) in [5.41, 5.74) is -0.456. The van der Waals surface area contributed by atoms with Crippen LogP contribution < -0.4 is 21.8 Å². The molecular weight excluding hydrogens is 647 g/mol. The molecule has 0 aliphatic carbocycles. The fourth-order valence-corrected chi connectivity index (χ4v) is 4.65. The van der Waals surface area contributed by atoms with Crippen molar-refractivity contribution in [2.24, 2.45) is 10.8 Å². The van der Waals surface area contributed by atoms with Crippen LogP contribution in [0.15, 0.2) is 114 Å². The molecule has 1 amide bonds. The number of carbonyl (C=O) groups excluding carboxylic acids is 2. The SMILES string of the molecule is NN1C(Nc2ccccc2)N=C(Nc2nc(Nc3ccccc3)nn2C(=O)c2ccc(C(F)(F)F)cc2)N1C(=O)c1cccc([N+](=O)[O-])c1. The van der Waals surface area contributed by atoms with Crippen LogP contribution in [0.4, 0.5) is 42.1 Å². The highest BCUT2D eigenvalue weighted by Crippen LogP contribution is 2.30. The summed E-state index contributed by atoms with van der Waals surface area (Å²) in [7, 11) is 0. The van der Waals surface area contributed by atoms with E-state index in [0.717, 1.165) is 45.1 Å². The number of para-hydroxylation sites is 2. The number of anilines is 4. The van der Waals surface area contributed by atoms with Crippen LogP contribution in [-0.2, 0) is 6.18 Å². The third-order valence-electron chi connectivity index (χ3n) is 7.00. The number of rotatable bonds is 8. The highest BCUT2D eigenvalue weighted by molar-refractivity contribution is 6.10. The fraction of sp³-hybridized carbons (Fsp3) is 0.0645. The zero-order chi connectivity index (χ0) is 34.7. The van der Waals surface area contributed by atoms with Crippen LogP contribution in [0.25, 0.3) is 0 Å². The van der Waals surface area contributed by atoms with Gasteiger partial charge < -0.3 is 10.6 Å². The first-order valence-electron chi connectivity index (χ1n) is 14.3. The normalized spacial score (nSPS) is 14.7. The van der Waals surface area contributed by atoms with E-state index < -0.39 is 34.8 Å². The van der Waals surface area contributed by atoms with Gasteiger partial charge in [0.1, 0.15) is 0 Å². The van der Waals surface area contributed by atoms with Crippen molar-refractivity contribution in [1.82, 2.24) is 24.9 Å². The Hall–Kier alpha value is -6.66. The van der Waals surface area contributed by atoms with Gasteiger partial charge >= 0.3 is 6.18 Å². The number of nitrogens with zero attached hydrogens (tertiary/aromatic N) is 7. The lowest BCUT2D eigenvalue weighted by Gasteiger charge is -2.28. The van der Waals surface area contributed by atoms with Crippen molar-refractivity contribution >= 4 is 46.7 Å². The van der Waals surface area contributed by atoms with Crippen molar-refractivity contribution in [3.63, 3.8) is 0 Å². The topological polar surface area (TPSA) is 189 Å². The maximum absolute atomic E-state index is 13.8. The molecule has 1 aromatic heterocycles. The Kier molecular flexibility index (Phi) is 8.71. The van der Waals surface area contributed by atoms with Gasteiger partial charge in [0.15, 0.2) is 0 Å². The van der Waals surface area contributed by atoms with Gasteiger partial charge in [0, 0.05) is 34.6 Å². The molecule has 15 nitrogen and oxygen atoms in total. The molecule has 0 radical (unpaired) electrons. The Morgan fingerprint density at radius 3 is 2.10 bits per heavy atom. The molecule has 5 N–H and O–H groups in total. The molecule has 6 rings (SSSR count). The zero-order valence-corrected chi connectivity index (χ0v) is 24.9. The second-order valence-corrected chi connectivity index (χ2v) is 10.3. The molecule has 4 aromatic carbocycles. The maximum atomic E-state index is 13.8. The number of nitrogens with one attached hydrogen (secondary N) is 3. The van der Waals surface area contributed by atoms with E-state index in [1.165, 1.54) is 18.2 Å². The minimum Gasteiger partial charge on any atom is -0.349 e. The fourth-order valence-electron chi connectivity index (χ4n) is 4.65. The number of nitrogens with two attached hydrogens (primary N) is 1. The molecule has 1 atom stereocenters. The number of hydrazine groups is 2. The van der Waals surface area contributed by atoms with E-state index in [0.29, 0.717) is 11.4 Å². The number of guanidine groups is 1. The van der Waals surface area contributed by atoms with Gasteiger partial charge in [0.05, 0.1) is 10.5 Å². The van der Waals surface area contributed by atoms with Gasteiger partial charge in [-0.3, -0.25) is 25.0 Å². The Morgan fingerprint density at radius 2 is 1.47 bits per heavy atom. The Balaban J connectivity index is 1.39. The number of hydrogen-bond donors (Lipinski definition) is 4. The number of nitro groups is 1. The third-order valence-corrected chi connectivity index (χ3v) is 7.00. The van der Waals surface area contributed by atoms with Crippen molar-refractivity contribution in [3.8, 4) is 0 Å². The van der Waals surface area contributed by atoms with Gasteiger partial charge in [0.2, 0.25) is 24.1 Å². The molecule has 1 aliphatic rings. The maximum Gasteiger partial charge on any atom is 0.416 e. The smallest absolute Gasteiger partial charge is 0.349 e. The Morgan fingerprint density at radius 1 is 0.816 bits per heavy atom. The predicted molar refractivity (Wildman–Crippen MR) is 171 cm³/mol. The highest BCUT2D eigenvalue weighted by Gasteiger charge is 2.39. The number of benzene rings is 4. The lowest BCUT2D eigenvalue weighted by molar-refractivity contribution is -0.384. The van der Waals surface area contributed by atoms with Crippen LogP contribution in [-0.4, -0.2) is 53.9 Å². The second kappa shape index (κ2) is 13.2. The van der Waals surface area contributed by atoms with E-state index in [2.05, 4.69) is 31.0 Å². The van der Waals surface area contributed by atoms with Gasteiger partial charge in [-0.2, -0.15) is 27.8 Å². The molecule has 2 heterocycles. The Labute approximate surface area is 274 Å². The van der Waals surface area contributed by atoms with Crippen molar-refractivity contribution in [3.05, 3.63) is 136 Å². The van der Waals surface area contributed by atoms with Gasteiger partial charge in [-0.05, 0) is 54.6 Å². The minimum absolute atomic E-state index is 0.0901.